The van der Waals surface area contributed by atoms with Gasteiger partial charge in [-0.05, 0) is 36.2 Å². The highest BCUT2D eigenvalue weighted by Gasteiger charge is 2.27. The molecule has 0 saturated carbocycles. The summed E-state index contributed by atoms with van der Waals surface area (Å²) in [6.07, 6.45) is -1.01. The van der Waals surface area contributed by atoms with Gasteiger partial charge in [0, 0.05) is 29.2 Å². The van der Waals surface area contributed by atoms with E-state index in [1.807, 2.05) is 39.0 Å². The van der Waals surface area contributed by atoms with Gasteiger partial charge in [0.15, 0.2) is 6.29 Å². The highest BCUT2D eigenvalue weighted by molar-refractivity contribution is 5.87. The number of hydrogen-bond acceptors (Lipinski definition) is 6. The van der Waals surface area contributed by atoms with Crippen LogP contribution in [0.3, 0.4) is 0 Å². The minimum atomic E-state index is -1.41. The molecule has 3 aromatic rings. The lowest BCUT2D eigenvalue weighted by Crippen LogP contribution is -2.26. The fraction of sp³-hybridized carbons (Fsp3) is 0.348. The number of hydrogen-bond donors (Lipinski definition) is 2. The van der Waals surface area contributed by atoms with E-state index >= 15 is 0 Å². The molecule has 30 heavy (non-hydrogen) atoms. The van der Waals surface area contributed by atoms with E-state index in [-0.39, 0.29) is 29.9 Å². The topological polar surface area (TPSA) is 102 Å². The van der Waals surface area contributed by atoms with E-state index in [1.165, 1.54) is 7.11 Å². The van der Waals surface area contributed by atoms with Crippen molar-refractivity contribution in [3.8, 4) is 11.4 Å². The maximum atomic E-state index is 13.0. The molecule has 0 saturated heterocycles. The van der Waals surface area contributed by atoms with Crippen LogP contribution in [0.4, 0.5) is 0 Å². The van der Waals surface area contributed by atoms with E-state index in [1.54, 1.807) is 10.6 Å². The molecule has 7 heteroatoms. The van der Waals surface area contributed by atoms with Crippen LogP contribution in [0.25, 0.3) is 22.3 Å². The van der Waals surface area contributed by atoms with E-state index in [4.69, 9.17) is 9.72 Å². The van der Waals surface area contributed by atoms with E-state index in [0.717, 1.165) is 22.1 Å². The van der Waals surface area contributed by atoms with Gasteiger partial charge in [-0.2, -0.15) is 0 Å². The number of ether oxygens (including phenoxy) is 1. The molecule has 1 aromatic carbocycles. The van der Waals surface area contributed by atoms with Crippen LogP contribution in [0.15, 0.2) is 29.1 Å². The Hall–Kier alpha value is -2.87. The molecular formula is C23H26N2O5. The van der Waals surface area contributed by atoms with E-state index < -0.39 is 6.10 Å². The van der Waals surface area contributed by atoms with Crippen LogP contribution >= 0.6 is 0 Å². The van der Waals surface area contributed by atoms with Gasteiger partial charge >= 0.3 is 0 Å². The number of nitrogens with zero attached hydrogens (tertiary/aromatic N) is 2. The molecule has 4 rings (SSSR count). The van der Waals surface area contributed by atoms with Gasteiger partial charge in [-0.1, -0.05) is 19.9 Å². The quantitative estimate of drug-likeness (QED) is 0.491. The minimum Gasteiger partial charge on any atom is -0.392 e. The van der Waals surface area contributed by atoms with E-state index in [9.17, 15) is 19.8 Å². The molecule has 0 spiro atoms. The maximum absolute atomic E-state index is 13.0. The van der Waals surface area contributed by atoms with Crippen molar-refractivity contribution < 1.29 is 19.7 Å². The van der Waals surface area contributed by atoms with Crippen LogP contribution in [-0.2, 0) is 29.3 Å². The van der Waals surface area contributed by atoms with Crippen molar-refractivity contribution in [1.82, 2.24) is 9.55 Å². The zero-order valence-corrected chi connectivity index (χ0v) is 17.6. The Morgan fingerprint density at radius 3 is 2.63 bits per heavy atom. The third-order valence-electron chi connectivity index (χ3n) is 5.32. The van der Waals surface area contributed by atoms with Crippen molar-refractivity contribution in [3.63, 3.8) is 0 Å². The lowest BCUT2D eigenvalue weighted by atomic mass is 10.00. The van der Waals surface area contributed by atoms with Crippen molar-refractivity contribution in [1.29, 1.82) is 0 Å². The average Bonchev–Trinajstić information content (AvgIpc) is 3.13. The summed E-state index contributed by atoms with van der Waals surface area (Å²) in [4.78, 5) is 28.9. The first kappa shape index (κ1) is 21.8. The molecule has 2 N–H and O–H groups in total. The average molecular weight is 410 g/mol. The largest absolute Gasteiger partial charge is 0.392 e. The Bertz CT molecular complexity index is 1170. The van der Waals surface area contributed by atoms with Crippen LogP contribution in [-0.4, -0.2) is 33.2 Å². The number of rotatable bonds is 5. The van der Waals surface area contributed by atoms with Crippen molar-refractivity contribution in [2.75, 3.05) is 7.11 Å². The van der Waals surface area contributed by atoms with E-state index in [0.29, 0.717) is 29.7 Å². The Morgan fingerprint density at radius 1 is 1.27 bits per heavy atom. The molecule has 0 fully saturated rings. The van der Waals surface area contributed by atoms with Gasteiger partial charge in [0.1, 0.15) is 6.10 Å². The van der Waals surface area contributed by atoms with Crippen molar-refractivity contribution in [2.24, 2.45) is 0 Å². The fourth-order valence-corrected chi connectivity index (χ4v) is 3.87. The first-order valence-electron chi connectivity index (χ1n) is 9.92. The van der Waals surface area contributed by atoms with Crippen molar-refractivity contribution in [2.45, 2.75) is 46.6 Å². The summed E-state index contributed by atoms with van der Waals surface area (Å²) in [6, 6.07) is 7.37. The Morgan fingerprint density at radius 2 is 2.00 bits per heavy atom. The number of carbonyl (C=O) groups is 1. The number of methoxy groups -OCH3 is 1. The Labute approximate surface area is 174 Å². The van der Waals surface area contributed by atoms with Crippen LogP contribution in [0, 0.1) is 6.92 Å². The summed E-state index contributed by atoms with van der Waals surface area (Å²) in [5.41, 5.74) is 4.74. The van der Waals surface area contributed by atoms with Gasteiger partial charge < -0.3 is 24.3 Å². The van der Waals surface area contributed by atoms with E-state index in [2.05, 4.69) is 0 Å². The number of aromatic nitrogens is 2. The first-order valence-corrected chi connectivity index (χ1v) is 9.92. The molecule has 1 aliphatic rings. The first-order chi connectivity index (χ1) is 14.5. The normalized spacial score (nSPS) is 12.7. The van der Waals surface area contributed by atoms with Crippen molar-refractivity contribution in [3.05, 3.63) is 62.4 Å². The number of aldehydes is 1. The lowest BCUT2D eigenvalue weighted by molar-refractivity contribution is -0.115. The van der Waals surface area contributed by atoms with Gasteiger partial charge in [0.05, 0.1) is 36.7 Å². The van der Waals surface area contributed by atoms with Gasteiger partial charge in [-0.25, -0.2) is 4.98 Å². The molecule has 1 aliphatic heterocycles. The summed E-state index contributed by atoms with van der Waals surface area (Å²) >= 11 is 0. The maximum Gasteiger partial charge on any atom is 0.257 e. The number of carbonyl (C=O) groups excluding carboxylic acids is 1. The Kier molecular flexibility index (Phi) is 6.45. The van der Waals surface area contributed by atoms with Crippen LogP contribution in [0.1, 0.15) is 47.8 Å². The smallest absolute Gasteiger partial charge is 0.257 e. The highest BCUT2D eigenvalue weighted by atomic mass is 16.5. The third kappa shape index (κ3) is 3.45. The molecular weight excluding hydrogens is 384 g/mol. The Balaban J connectivity index is 0.00000124. The summed E-state index contributed by atoms with van der Waals surface area (Å²) in [7, 11) is 1.45. The van der Waals surface area contributed by atoms with Crippen LogP contribution < -0.4 is 5.56 Å². The number of benzene rings is 1. The third-order valence-corrected chi connectivity index (χ3v) is 5.32. The molecule has 158 valence electrons. The molecule has 0 bridgehead atoms. The van der Waals surface area contributed by atoms with Gasteiger partial charge in [0.25, 0.3) is 5.56 Å². The summed E-state index contributed by atoms with van der Waals surface area (Å²) in [6.45, 7) is 6.17. The standard InChI is InChI=1S/C21H20N2O5.C2H6/c1-11-3-4-17-13(15(11)8-24)5-12-7-23-18(20(12)22-17)6-14(19(26)9-25)16(10-28-2)21(23)27;1-2/h3-6,9,19,24,26H,7-8,10H2,1-2H3;1-2H3. The second kappa shape index (κ2) is 8.87. The van der Waals surface area contributed by atoms with Crippen LogP contribution in [0.5, 0.6) is 0 Å². The minimum absolute atomic E-state index is 0.00104. The summed E-state index contributed by atoms with van der Waals surface area (Å²) < 4.78 is 6.68. The fourth-order valence-electron chi connectivity index (χ4n) is 3.87. The van der Waals surface area contributed by atoms with Gasteiger partial charge in [-0.3, -0.25) is 4.79 Å². The SMILES string of the molecule is CC.COCc1c(C(O)C=O)cc2n(c1=O)Cc1cc3c(CO)c(C)ccc3nc1-2. The highest BCUT2D eigenvalue weighted by Crippen LogP contribution is 2.35. The number of fused-ring (bicyclic) bond motifs is 4. The zero-order chi connectivity index (χ0) is 22.0. The predicted molar refractivity (Wildman–Crippen MR) is 114 cm³/mol. The monoisotopic (exact) mass is 410 g/mol. The number of aliphatic hydroxyl groups excluding tert-OH is 2. The zero-order valence-electron chi connectivity index (χ0n) is 17.6. The molecule has 7 nitrogen and oxygen atoms in total. The second-order valence-electron chi connectivity index (χ2n) is 6.95. The van der Waals surface area contributed by atoms with Crippen molar-refractivity contribution >= 4 is 17.2 Å². The molecule has 0 aliphatic carbocycles. The molecule has 2 aromatic heterocycles. The van der Waals surface area contributed by atoms with Gasteiger partial charge in [0.2, 0.25) is 0 Å². The molecule has 3 heterocycles. The van der Waals surface area contributed by atoms with Crippen LogP contribution in [0.2, 0.25) is 0 Å². The molecule has 1 unspecified atom stereocenters. The molecule has 0 radical (unpaired) electrons. The summed E-state index contributed by atoms with van der Waals surface area (Å²) in [5, 5.41) is 20.7. The summed E-state index contributed by atoms with van der Waals surface area (Å²) in [5.74, 6) is 0. The number of aliphatic hydroxyl groups is 2. The van der Waals surface area contributed by atoms with Gasteiger partial charge in [-0.15, -0.1) is 0 Å². The number of aryl methyl sites for hydroxylation is 1. The molecule has 1 atom stereocenters. The number of pyridine rings is 2. The molecule has 0 amide bonds. The predicted octanol–water partition coefficient (Wildman–Crippen LogP) is 2.63. The lowest BCUT2D eigenvalue weighted by Gasteiger charge is -2.14. The second-order valence-corrected chi connectivity index (χ2v) is 6.95.